The second-order valence-electron chi connectivity index (χ2n) is 7.44. The zero-order valence-electron chi connectivity index (χ0n) is 15.2. The zero-order valence-corrected chi connectivity index (χ0v) is 15.2. The summed E-state index contributed by atoms with van der Waals surface area (Å²) in [7, 11) is 0. The number of rotatable bonds is 5. The van der Waals surface area contributed by atoms with Gasteiger partial charge in [0.05, 0.1) is 31.3 Å². The van der Waals surface area contributed by atoms with Gasteiger partial charge in [-0.3, -0.25) is 4.79 Å². The molecule has 1 aliphatic carbocycles. The number of aliphatic hydroxyl groups is 1. The van der Waals surface area contributed by atoms with Crippen molar-refractivity contribution in [1.29, 1.82) is 0 Å². The van der Waals surface area contributed by atoms with Crippen LogP contribution in [-0.4, -0.2) is 42.9 Å². The Balaban J connectivity index is 1.53. The van der Waals surface area contributed by atoms with Gasteiger partial charge in [0.15, 0.2) is 0 Å². The number of anilines is 1. The first-order valence-electron chi connectivity index (χ1n) is 9.50. The van der Waals surface area contributed by atoms with Crippen LogP contribution in [0.2, 0.25) is 0 Å². The third-order valence-corrected chi connectivity index (χ3v) is 5.42. The van der Waals surface area contributed by atoms with Crippen molar-refractivity contribution in [3.8, 4) is 0 Å². The molecule has 1 heterocycles. The molecule has 5 nitrogen and oxygen atoms in total. The van der Waals surface area contributed by atoms with E-state index in [0.29, 0.717) is 0 Å². The Hall–Kier alpha value is -1.59. The molecule has 0 spiro atoms. The molecular weight excluding hydrogens is 316 g/mol. The highest BCUT2D eigenvalue weighted by molar-refractivity contribution is 5.77. The van der Waals surface area contributed by atoms with Gasteiger partial charge in [-0.25, -0.2) is 0 Å². The maximum atomic E-state index is 12.3. The smallest absolute Gasteiger partial charge is 0.223 e. The topological polar surface area (TPSA) is 61.8 Å². The van der Waals surface area contributed by atoms with Crippen molar-refractivity contribution >= 4 is 11.6 Å². The van der Waals surface area contributed by atoms with Crippen LogP contribution < -0.4 is 10.2 Å². The van der Waals surface area contributed by atoms with Gasteiger partial charge in [0, 0.05) is 18.8 Å². The standard InChI is InChI=1S/C20H30N2O3/c1-16(21-19(23)15-20(24)9-3-2-4-10-20)17-5-7-18(8-6-17)22-11-13-25-14-12-22/h5-8,16,24H,2-4,9-15H2,1H3,(H,21,23). The van der Waals surface area contributed by atoms with Crippen LogP contribution in [0.5, 0.6) is 0 Å². The van der Waals surface area contributed by atoms with Gasteiger partial charge in [-0.2, -0.15) is 0 Å². The maximum Gasteiger partial charge on any atom is 0.223 e. The van der Waals surface area contributed by atoms with Gasteiger partial charge in [0.25, 0.3) is 0 Å². The number of ether oxygens (including phenoxy) is 1. The minimum absolute atomic E-state index is 0.0570. The predicted molar refractivity (Wildman–Crippen MR) is 98.7 cm³/mol. The van der Waals surface area contributed by atoms with E-state index in [9.17, 15) is 9.90 Å². The molecule has 1 unspecified atom stereocenters. The van der Waals surface area contributed by atoms with E-state index >= 15 is 0 Å². The number of amides is 1. The van der Waals surface area contributed by atoms with Gasteiger partial charge >= 0.3 is 0 Å². The second kappa shape index (κ2) is 8.19. The van der Waals surface area contributed by atoms with Crippen molar-refractivity contribution in [2.24, 2.45) is 0 Å². The lowest BCUT2D eigenvalue weighted by atomic mass is 9.82. The molecule has 2 N–H and O–H groups in total. The largest absolute Gasteiger partial charge is 0.389 e. The number of morpholine rings is 1. The third kappa shape index (κ3) is 4.95. The van der Waals surface area contributed by atoms with Crippen LogP contribution in [0.15, 0.2) is 24.3 Å². The van der Waals surface area contributed by atoms with E-state index in [1.54, 1.807) is 0 Å². The Kier molecular flexibility index (Phi) is 5.97. The molecule has 1 aliphatic heterocycles. The molecule has 0 radical (unpaired) electrons. The highest BCUT2D eigenvalue weighted by Gasteiger charge is 2.32. The van der Waals surface area contributed by atoms with Crippen LogP contribution in [0.1, 0.15) is 57.1 Å². The highest BCUT2D eigenvalue weighted by Crippen LogP contribution is 2.31. The molecule has 1 saturated carbocycles. The number of hydrogen-bond acceptors (Lipinski definition) is 4. The van der Waals surface area contributed by atoms with Crippen LogP contribution in [0.25, 0.3) is 0 Å². The molecular formula is C20H30N2O3. The van der Waals surface area contributed by atoms with E-state index in [2.05, 4.69) is 34.5 Å². The fourth-order valence-corrected chi connectivity index (χ4v) is 3.86. The number of nitrogens with one attached hydrogen (secondary N) is 1. The van der Waals surface area contributed by atoms with Crippen molar-refractivity contribution in [2.45, 2.75) is 57.1 Å². The zero-order chi connectivity index (χ0) is 17.7. The summed E-state index contributed by atoms with van der Waals surface area (Å²) in [4.78, 5) is 14.6. The summed E-state index contributed by atoms with van der Waals surface area (Å²) >= 11 is 0. The van der Waals surface area contributed by atoms with Crippen LogP contribution >= 0.6 is 0 Å². The Morgan fingerprint density at radius 3 is 2.48 bits per heavy atom. The van der Waals surface area contributed by atoms with Crippen molar-refractivity contribution in [3.63, 3.8) is 0 Å². The van der Waals surface area contributed by atoms with E-state index in [4.69, 9.17) is 4.74 Å². The molecule has 1 saturated heterocycles. The summed E-state index contributed by atoms with van der Waals surface area (Å²) in [6, 6.07) is 8.31. The summed E-state index contributed by atoms with van der Waals surface area (Å²) in [6.45, 7) is 5.38. The van der Waals surface area contributed by atoms with E-state index in [-0.39, 0.29) is 18.4 Å². The number of benzene rings is 1. The number of hydrogen-bond donors (Lipinski definition) is 2. The van der Waals surface area contributed by atoms with E-state index < -0.39 is 5.60 Å². The molecule has 138 valence electrons. The van der Waals surface area contributed by atoms with Crippen LogP contribution in [0, 0.1) is 0 Å². The van der Waals surface area contributed by atoms with Crippen LogP contribution in [0.3, 0.4) is 0 Å². The number of carbonyl (C=O) groups excluding carboxylic acids is 1. The Labute approximate surface area is 150 Å². The lowest BCUT2D eigenvalue weighted by Gasteiger charge is -2.32. The Morgan fingerprint density at radius 1 is 1.20 bits per heavy atom. The second-order valence-corrected chi connectivity index (χ2v) is 7.44. The minimum Gasteiger partial charge on any atom is -0.389 e. The van der Waals surface area contributed by atoms with Gasteiger partial charge in [0.1, 0.15) is 0 Å². The highest BCUT2D eigenvalue weighted by atomic mass is 16.5. The fraction of sp³-hybridized carbons (Fsp3) is 0.650. The average Bonchev–Trinajstić information content (AvgIpc) is 2.62. The molecule has 2 fully saturated rings. The van der Waals surface area contributed by atoms with E-state index in [1.165, 1.54) is 5.69 Å². The molecule has 1 amide bonds. The van der Waals surface area contributed by atoms with Crippen LogP contribution in [0.4, 0.5) is 5.69 Å². The van der Waals surface area contributed by atoms with Gasteiger partial charge in [-0.1, -0.05) is 31.4 Å². The SMILES string of the molecule is CC(NC(=O)CC1(O)CCCCC1)c1ccc(N2CCOCC2)cc1. The summed E-state index contributed by atoms with van der Waals surface area (Å²) in [6.07, 6.45) is 4.88. The predicted octanol–water partition coefficient (Wildman–Crippen LogP) is 2.79. The molecule has 1 aromatic rings. The summed E-state index contributed by atoms with van der Waals surface area (Å²) < 4.78 is 5.39. The summed E-state index contributed by atoms with van der Waals surface area (Å²) in [5, 5.41) is 13.6. The first kappa shape index (κ1) is 18.2. The molecule has 2 aliphatic rings. The maximum absolute atomic E-state index is 12.3. The average molecular weight is 346 g/mol. The summed E-state index contributed by atoms with van der Waals surface area (Å²) in [5.74, 6) is -0.0610. The fourth-order valence-electron chi connectivity index (χ4n) is 3.86. The quantitative estimate of drug-likeness (QED) is 0.861. The number of nitrogens with zero attached hydrogens (tertiary/aromatic N) is 1. The van der Waals surface area contributed by atoms with Crippen molar-refractivity contribution in [1.82, 2.24) is 5.32 Å². The van der Waals surface area contributed by atoms with Gasteiger partial charge in [0.2, 0.25) is 5.91 Å². The Bertz CT molecular complexity index is 561. The summed E-state index contributed by atoms with van der Waals surface area (Å²) in [5.41, 5.74) is 1.48. The van der Waals surface area contributed by atoms with Crippen molar-refractivity contribution in [3.05, 3.63) is 29.8 Å². The monoisotopic (exact) mass is 346 g/mol. The van der Waals surface area contributed by atoms with E-state index in [1.807, 2.05) is 6.92 Å². The Morgan fingerprint density at radius 2 is 1.84 bits per heavy atom. The lowest BCUT2D eigenvalue weighted by molar-refractivity contribution is -0.128. The third-order valence-electron chi connectivity index (χ3n) is 5.42. The normalized spacial score (nSPS) is 21.6. The number of carbonyl (C=O) groups is 1. The molecule has 0 aromatic heterocycles. The first-order valence-corrected chi connectivity index (χ1v) is 9.50. The van der Waals surface area contributed by atoms with Crippen LogP contribution in [-0.2, 0) is 9.53 Å². The molecule has 1 aromatic carbocycles. The van der Waals surface area contributed by atoms with Gasteiger partial charge < -0.3 is 20.1 Å². The molecule has 5 heteroatoms. The van der Waals surface area contributed by atoms with Crippen molar-refractivity contribution < 1.29 is 14.6 Å². The molecule has 0 bridgehead atoms. The minimum atomic E-state index is -0.803. The van der Waals surface area contributed by atoms with Crippen molar-refractivity contribution in [2.75, 3.05) is 31.2 Å². The van der Waals surface area contributed by atoms with Gasteiger partial charge in [-0.15, -0.1) is 0 Å². The molecule has 3 rings (SSSR count). The first-order chi connectivity index (χ1) is 12.1. The molecule has 1 atom stereocenters. The van der Waals surface area contributed by atoms with Gasteiger partial charge in [-0.05, 0) is 37.5 Å². The molecule has 25 heavy (non-hydrogen) atoms. The van der Waals surface area contributed by atoms with E-state index in [0.717, 1.165) is 64.0 Å². The lowest BCUT2D eigenvalue weighted by Crippen LogP contribution is -2.39.